The van der Waals surface area contributed by atoms with Crippen molar-refractivity contribution in [3.8, 4) is 0 Å². The van der Waals surface area contributed by atoms with Crippen molar-refractivity contribution in [3.05, 3.63) is 11.2 Å². The monoisotopic (exact) mass is 279 g/mol. The molecule has 0 radical (unpaired) electrons. The Balaban J connectivity index is 2.34. The van der Waals surface area contributed by atoms with E-state index in [-0.39, 0.29) is 4.78 Å². The van der Waals surface area contributed by atoms with E-state index in [0.29, 0.717) is 0 Å². The third kappa shape index (κ3) is 2.17. The van der Waals surface area contributed by atoms with Gasteiger partial charge >= 0.3 is 13.3 Å². The Hall–Kier alpha value is -0.595. The number of halogens is 3. The van der Waals surface area contributed by atoms with Gasteiger partial charge in [0, 0.05) is 0 Å². The quantitative estimate of drug-likeness (QED) is 0.740. The van der Waals surface area contributed by atoms with Crippen LogP contribution in [0.5, 0.6) is 0 Å². The second-order valence-electron chi connectivity index (χ2n) is 5.15. The van der Waals surface area contributed by atoms with Crippen LogP contribution in [0.3, 0.4) is 0 Å². The molecule has 100 valence electrons. The van der Waals surface area contributed by atoms with E-state index >= 15 is 0 Å². The smallest absolute Gasteiger partial charge is 0.399 e. The van der Waals surface area contributed by atoms with Gasteiger partial charge in [0.1, 0.15) is 0 Å². The molecular weight excluding hydrogens is 266 g/mol. The van der Waals surface area contributed by atoms with E-state index in [4.69, 9.17) is 9.31 Å². The maximum atomic E-state index is 12.8. The fourth-order valence-corrected chi connectivity index (χ4v) is 2.34. The Kier molecular flexibility index (Phi) is 3.03. The lowest BCUT2D eigenvalue weighted by molar-refractivity contribution is -0.140. The molecule has 1 aliphatic rings. The summed E-state index contributed by atoms with van der Waals surface area (Å²) >= 11 is 0.894. The molecule has 2 rings (SSSR count). The van der Waals surface area contributed by atoms with Crippen molar-refractivity contribution in [2.24, 2.45) is 0 Å². The molecule has 1 aliphatic heterocycles. The van der Waals surface area contributed by atoms with E-state index in [0.717, 1.165) is 16.8 Å². The van der Waals surface area contributed by atoms with Crippen LogP contribution in [0.2, 0.25) is 0 Å². The zero-order valence-electron chi connectivity index (χ0n) is 10.5. The van der Waals surface area contributed by atoms with Crippen LogP contribution in [0.15, 0.2) is 5.51 Å². The number of hydrogen-bond acceptors (Lipinski definition) is 4. The summed E-state index contributed by atoms with van der Waals surface area (Å²) in [6.45, 7) is 7.17. The molecule has 18 heavy (non-hydrogen) atoms. The number of thiazole rings is 1. The van der Waals surface area contributed by atoms with Crippen molar-refractivity contribution >= 4 is 23.2 Å². The summed E-state index contributed by atoms with van der Waals surface area (Å²) in [4.78, 5) is 3.36. The van der Waals surface area contributed by atoms with Gasteiger partial charge in [-0.2, -0.15) is 13.2 Å². The van der Waals surface area contributed by atoms with Crippen LogP contribution in [0, 0.1) is 0 Å². The zero-order chi connectivity index (χ0) is 13.8. The predicted octanol–water partition coefficient (Wildman–Crippen LogP) is 2.46. The minimum atomic E-state index is -4.49. The summed E-state index contributed by atoms with van der Waals surface area (Å²) in [5, 5.41) is 0. The molecule has 0 amide bonds. The Labute approximate surface area is 107 Å². The minimum absolute atomic E-state index is 0.0267. The third-order valence-electron chi connectivity index (χ3n) is 3.33. The molecule has 0 atom stereocenters. The molecule has 1 aromatic heterocycles. The number of nitrogens with zero attached hydrogens (tertiary/aromatic N) is 1. The van der Waals surface area contributed by atoms with Gasteiger partial charge in [-0.1, -0.05) is 0 Å². The molecule has 3 nitrogen and oxygen atoms in total. The van der Waals surface area contributed by atoms with Gasteiger partial charge in [0.2, 0.25) is 0 Å². The van der Waals surface area contributed by atoms with Crippen LogP contribution in [0.4, 0.5) is 13.2 Å². The van der Waals surface area contributed by atoms with Crippen molar-refractivity contribution in [1.82, 2.24) is 4.98 Å². The third-order valence-corrected chi connectivity index (χ3v) is 4.18. The SMILES string of the molecule is CC1(C)OB(c2scnc2C(F)(F)F)OC1(C)C. The lowest BCUT2D eigenvalue weighted by Crippen LogP contribution is -2.41. The van der Waals surface area contributed by atoms with Gasteiger partial charge in [0.25, 0.3) is 0 Å². The first-order chi connectivity index (χ1) is 8.05. The molecule has 8 heteroatoms. The van der Waals surface area contributed by atoms with Crippen molar-refractivity contribution in [3.63, 3.8) is 0 Å². The maximum Gasteiger partial charge on any atom is 0.507 e. The molecule has 0 saturated carbocycles. The van der Waals surface area contributed by atoms with Gasteiger partial charge in [-0.3, -0.25) is 0 Å². The summed E-state index contributed by atoms with van der Waals surface area (Å²) in [6, 6.07) is 0. The fraction of sp³-hybridized carbons (Fsp3) is 0.700. The molecule has 0 spiro atoms. The average molecular weight is 279 g/mol. The number of rotatable bonds is 1. The highest BCUT2D eigenvalue weighted by molar-refractivity contribution is 7.20. The Morgan fingerprint density at radius 1 is 1.17 bits per heavy atom. The van der Waals surface area contributed by atoms with E-state index in [2.05, 4.69) is 4.98 Å². The average Bonchev–Trinajstić information content (AvgIpc) is 2.68. The van der Waals surface area contributed by atoms with Crippen molar-refractivity contribution < 1.29 is 22.5 Å². The molecular formula is C10H13BF3NO2S. The molecule has 1 fully saturated rings. The van der Waals surface area contributed by atoms with Gasteiger partial charge in [0.05, 0.1) is 21.5 Å². The lowest BCUT2D eigenvalue weighted by Gasteiger charge is -2.32. The molecule has 0 unspecified atom stereocenters. The molecule has 0 aliphatic carbocycles. The van der Waals surface area contributed by atoms with E-state index in [9.17, 15) is 13.2 Å². The van der Waals surface area contributed by atoms with Crippen LogP contribution in [0.1, 0.15) is 33.4 Å². The van der Waals surface area contributed by atoms with E-state index in [1.165, 1.54) is 0 Å². The summed E-state index contributed by atoms with van der Waals surface area (Å²) in [5.41, 5.74) is -1.09. The van der Waals surface area contributed by atoms with Gasteiger partial charge in [-0.15, -0.1) is 11.3 Å². The van der Waals surface area contributed by atoms with Crippen molar-refractivity contribution in [2.45, 2.75) is 45.1 Å². The number of alkyl halides is 3. The van der Waals surface area contributed by atoms with E-state index in [1.807, 2.05) is 0 Å². The standard InChI is InChI=1S/C10H13BF3NO2S/c1-8(2)9(3,4)17-11(16-8)7-6(10(12,13)14)15-5-18-7/h5H,1-4H3. The summed E-state index contributed by atoms with van der Waals surface area (Å²) < 4.78 is 49.4. The maximum absolute atomic E-state index is 12.8. The molecule has 1 aromatic rings. The first-order valence-electron chi connectivity index (χ1n) is 5.41. The Bertz CT molecular complexity index is 442. The van der Waals surface area contributed by atoms with Gasteiger partial charge in [0.15, 0.2) is 5.69 Å². The van der Waals surface area contributed by atoms with Crippen molar-refractivity contribution in [1.29, 1.82) is 0 Å². The minimum Gasteiger partial charge on any atom is -0.399 e. The zero-order valence-corrected chi connectivity index (χ0v) is 11.3. The largest absolute Gasteiger partial charge is 0.507 e. The van der Waals surface area contributed by atoms with Crippen LogP contribution in [0.25, 0.3) is 0 Å². The molecule has 0 N–H and O–H groups in total. The highest BCUT2D eigenvalue weighted by Gasteiger charge is 2.54. The highest BCUT2D eigenvalue weighted by Crippen LogP contribution is 2.38. The van der Waals surface area contributed by atoms with Crippen LogP contribution in [-0.4, -0.2) is 23.3 Å². The van der Waals surface area contributed by atoms with Crippen LogP contribution >= 0.6 is 11.3 Å². The number of hydrogen-bond donors (Lipinski definition) is 0. The van der Waals surface area contributed by atoms with Crippen LogP contribution in [-0.2, 0) is 15.5 Å². The van der Waals surface area contributed by atoms with Gasteiger partial charge in [-0.05, 0) is 27.7 Å². The second kappa shape index (κ2) is 3.95. The van der Waals surface area contributed by atoms with Crippen molar-refractivity contribution in [2.75, 3.05) is 0 Å². The predicted molar refractivity (Wildman–Crippen MR) is 62.8 cm³/mol. The summed E-state index contributed by atoms with van der Waals surface area (Å²) in [5.74, 6) is 0. The van der Waals surface area contributed by atoms with Gasteiger partial charge in [-0.25, -0.2) is 4.98 Å². The Morgan fingerprint density at radius 2 is 1.67 bits per heavy atom. The first-order valence-corrected chi connectivity index (χ1v) is 6.29. The van der Waals surface area contributed by atoms with Crippen LogP contribution < -0.4 is 4.78 Å². The topological polar surface area (TPSA) is 31.4 Å². The fourth-order valence-electron chi connectivity index (χ4n) is 1.59. The first kappa shape index (κ1) is 13.8. The summed E-state index contributed by atoms with van der Waals surface area (Å²) in [6.07, 6.45) is -4.49. The molecule has 2 heterocycles. The molecule has 0 bridgehead atoms. The summed E-state index contributed by atoms with van der Waals surface area (Å²) in [7, 11) is -1.01. The highest BCUT2D eigenvalue weighted by atomic mass is 32.1. The lowest BCUT2D eigenvalue weighted by atomic mass is 9.86. The van der Waals surface area contributed by atoms with E-state index in [1.54, 1.807) is 27.7 Å². The second-order valence-corrected chi connectivity index (χ2v) is 6.04. The Morgan fingerprint density at radius 3 is 2.11 bits per heavy atom. The van der Waals surface area contributed by atoms with E-state index < -0.39 is 30.2 Å². The van der Waals surface area contributed by atoms with Gasteiger partial charge < -0.3 is 9.31 Å². The number of aromatic nitrogens is 1. The molecule has 0 aromatic carbocycles. The molecule has 1 saturated heterocycles. The normalized spacial score (nSPS) is 22.5.